The molecule has 0 amide bonds. The van der Waals surface area contributed by atoms with E-state index in [4.69, 9.17) is 15.2 Å². The molecule has 1 aromatic rings. The number of nitrogen functional groups attached to an aromatic ring is 1. The van der Waals surface area contributed by atoms with Gasteiger partial charge in [-0.15, -0.1) is 0 Å². The number of aromatic nitrogens is 1. The lowest BCUT2D eigenvalue weighted by atomic mass is 10.3. The van der Waals surface area contributed by atoms with Crippen molar-refractivity contribution >= 4 is 15.7 Å². The molecule has 2 N–H and O–H groups in total. The van der Waals surface area contributed by atoms with Gasteiger partial charge in [0.15, 0.2) is 5.03 Å². The number of hydrogen-bond donors (Lipinski definition) is 1. The fourth-order valence-electron chi connectivity index (χ4n) is 1.81. The molecule has 1 heterocycles. The van der Waals surface area contributed by atoms with Crippen molar-refractivity contribution in [2.24, 2.45) is 0 Å². The molecule has 20 heavy (non-hydrogen) atoms. The Kier molecular flexibility index (Phi) is 6.34. The number of nitrogens with zero attached hydrogens (tertiary/aromatic N) is 2. The van der Waals surface area contributed by atoms with E-state index in [1.54, 1.807) is 13.0 Å². The smallest absolute Gasteiger partial charge is 0.263 e. The number of sulfonamides is 1. The van der Waals surface area contributed by atoms with Gasteiger partial charge in [-0.3, -0.25) is 0 Å². The molecule has 0 saturated heterocycles. The van der Waals surface area contributed by atoms with Crippen LogP contribution in [0, 0.1) is 0 Å². The molecule has 1 rings (SSSR count). The summed E-state index contributed by atoms with van der Waals surface area (Å²) in [6.07, 6.45) is 1.40. The zero-order valence-corrected chi connectivity index (χ0v) is 12.8. The second-order valence-corrected chi connectivity index (χ2v) is 6.12. The Labute approximate surface area is 119 Å². The van der Waals surface area contributed by atoms with Crippen LogP contribution in [-0.4, -0.2) is 57.7 Å². The van der Waals surface area contributed by atoms with Crippen LogP contribution in [0.3, 0.4) is 0 Å². The molecule has 1 aromatic heterocycles. The predicted molar refractivity (Wildman–Crippen MR) is 75.8 cm³/mol. The van der Waals surface area contributed by atoms with E-state index in [1.807, 2.05) is 0 Å². The normalized spacial score (nSPS) is 13.6. The Balaban J connectivity index is 3.13. The molecular formula is C12H21N3O4S. The molecular weight excluding hydrogens is 282 g/mol. The third kappa shape index (κ3) is 3.89. The Hall–Kier alpha value is -1.22. The first-order chi connectivity index (χ1) is 9.45. The van der Waals surface area contributed by atoms with Crippen LogP contribution in [0.25, 0.3) is 0 Å². The first kappa shape index (κ1) is 16.8. The number of nitrogens with two attached hydrogens (primary N) is 1. The van der Waals surface area contributed by atoms with Crippen LogP contribution < -0.4 is 5.73 Å². The third-order valence-corrected chi connectivity index (χ3v) is 4.76. The number of hydrogen-bond acceptors (Lipinski definition) is 6. The second-order valence-electron chi connectivity index (χ2n) is 4.31. The lowest BCUT2D eigenvalue weighted by molar-refractivity contribution is 0.119. The van der Waals surface area contributed by atoms with E-state index >= 15 is 0 Å². The topological polar surface area (TPSA) is 94.8 Å². The Morgan fingerprint density at radius 2 is 2.10 bits per heavy atom. The van der Waals surface area contributed by atoms with Crippen LogP contribution in [0.1, 0.15) is 6.92 Å². The van der Waals surface area contributed by atoms with E-state index < -0.39 is 10.0 Å². The summed E-state index contributed by atoms with van der Waals surface area (Å²) in [7, 11) is -0.753. The van der Waals surface area contributed by atoms with E-state index in [0.717, 1.165) is 0 Å². The highest BCUT2D eigenvalue weighted by Gasteiger charge is 2.31. The lowest BCUT2D eigenvalue weighted by Crippen LogP contribution is -2.43. The molecule has 0 aliphatic rings. The van der Waals surface area contributed by atoms with Crippen molar-refractivity contribution in [2.75, 3.05) is 39.7 Å². The van der Waals surface area contributed by atoms with Crippen molar-refractivity contribution in [1.29, 1.82) is 0 Å². The highest BCUT2D eigenvalue weighted by molar-refractivity contribution is 7.89. The van der Waals surface area contributed by atoms with Gasteiger partial charge in [0.05, 0.1) is 18.9 Å². The molecule has 0 aliphatic carbocycles. The maximum atomic E-state index is 12.6. The minimum atomic E-state index is -3.79. The number of ether oxygens (including phenoxy) is 2. The third-order valence-electron chi connectivity index (χ3n) is 2.77. The fraction of sp³-hybridized carbons (Fsp3) is 0.583. The van der Waals surface area contributed by atoms with Crippen molar-refractivity contribution in [3.63, 3.8) is 0 Å². The second kappa shape index (κ2) is 7.53. The summed E-state index contributed by atoms with van der Waals surface area (Å²) >= 11 is 0. The highest BCUT2D eigenvalue weighted by Crippen LogP contribution is 2.21. The molecule has 1 unspecified atom stereocenters. The van der Waals surface area contributed by atoms with Gasteiger partial charge in [0.1, 0.15) is 0 Å². The van der Waals surface area contributed by atoms with Crippen LogP contribution in [0.15, 0.2) is 23.4 Å². The predicted octanol–water partition coefficient (Wildman–Crippen LogP) is 0.336. The van der Waals surface area contributed by atoms with Crippen molar-refractivity contribution < 1.29 is 17.9 Å². The average molecular weight is 303 g/mol. The Morgan fingerprint density at radius 3 is 2.65 bits per heavy atom. The first-order valence-electron chi connectivity index (χ1n) is 6.15. The van der Waals surface area contributed by atoms with E-state index in [0.29, 0.717) is 0 Å². The van der Waals surface area contributed by atoms with Crippen LogP contribution in [0.4, 0.5) is 5.69 Å². The van der Waals surface area contributed by atoms with E-state index in [1.165, 1.54) is 30.8 Å². The first-order valence-corrected chi connectivity index (χ1v) is 7.59. The van der Waals surface area contributed by atoms with Gasteiger partial charge in [0.2, 0.25) is 0 Å². The molecule has 0 radical (unpaired) electrons. The lowest BCUT2D eigenvalue weighted by Gasteiger charge is -2.27. The quantitative estimate of drug-likeness (QED) is 0.744. The van der Waals surface area contributed by atoms with Crippen LogP contribution in [0.2, 0.25) is 0 Å². The maximum Gasteiger partial charge on any atom is 0.263 e. The van der Waals surface area contributed by atoms with Crippen molar-refractivity contribution in [3.8, 4) is 0 Å². The standard InChI is InChI=1S/C12H21N3O4S/c1-10(9-19-3)15(7-8-18-2)20(16,17)12-11(13)5-4-6-14-12/h4-6,10H,7-9,13H2,1-3H3. The number of methoxy groups -OCH3 is 2. The van der Waals surface area contributed by atoms with E-state index in [9.17, 15) is 8.42 Å². The minimum absolute atomic E-state index is 0.125. The molecule has 0 fully saturated rings. The van der Waals surface area contributed by atoms with Gasteiger partial charge in [-0.1, -0.05) is 0 Å². The Bertz CT molecular complexity index is 521. The summed E-state index contributed by atoms with van der Waals surface area (Å²) < 4.78 is 36.6. The summed E-state index contributed by atoms with van der Waals surface area (Å²) in [5.74, 6) is 0. The van der Waals surface area contributed by atoms with Crippen LogP contribution >= 0.6 is 0 Å². The van der Waals surface area contributed by atoms with E-state index in [-0.39, 0.29) is 36.5 Å². The zero-order chi connectivity index (χ0) is 15.2. The van der Waals surface area contributed by atoms with Crippen LogP contribution in [-0.2, 0) is 19.5 Å². The fourth-order valence-corrected chi connectivity index (χ4v) is 3.44. The molecule has 1 atom stereocenters. The number of pyridine rings is 1. The van der Waals surface area contributed by atoms with Gasteiger partial charge >= 0.3 is 0 Å². The summed E-state index contributed by atoms with van der Waals surface area (Å²) in [5, 5.41) is -0.140. The monoisotopic (exact) mass is 303 g/mol. The van der Waals surface area contributed by atoms with E-state index in [2.05, 4.69) is 4.98 Å². The molecule has 0 spiro atoms. The molecule has 8 heteroatoms. The van der Waals surface area contributed by atoms with Gasteiger partial charge < -0.3 is 15.2 Å². The zero-order valence-electron chi connectivity index (χ0n) is 11.9. The summed E-state index contributed by atoms with van der Waals surface area (Å²) in [5.41, 5.74) is 5.84. The van der Waals surface area contributed by atoms with Crippen molar-refractivity contribution in [2.45, 2.75) is 18.0 Å². The van der Waals surface area contributed by atoms with Crippen molar-refractivity contribution in [1.82, 2.24) is 9.29 Å². The molecule has 0 aromatic carbocycles. The average Bonchev–Trinajstić information content (AvgIpc) is 2.39. The van der Waals surface area contributed by atoms with Crippen molar-refractivity contribution in [3.05, 3.63) is 18.3 Å². The van der Waals surface area contributed by atoms with Crippen LogP contribution in [0.5, 0.6) is 0 Å². The van der Waals surface area contributed by atoms with Gasteiger partial charge in [0.25, 0.3) is 10.0 Å². The largest absolute Gasteiger partial charge is 0.396 e. The maximum absolute atomic E-state index is 12.6. The molecule has 0 bridgehead atoms. The number of anilines is 1. The molecule has 7 nitrogen and oxygen atoms in total. The van der Waals surface area contributed by atoms with Gasteiger partial charge in [0, 0.05) is 33.0 Å². The highest BCUT2D eigenvalue weighted by atomic mass is 32.2. The van der Waals surface area contributed by atoms with Gasteiger partial charge in [-0.25, -0.2) is 13.4 Å². The number of rotatable bonds is 8. The summed E-state index contributed by atoms with van der Waals surface area (Å²) in [4.78, 5) is 3.89. The summed E-state index contributed by atoms with van der Waals surface area (Å²) in [6.45, 7) is 2.52. The Morgan fingerprint density at radius 1 is 1.40 bits per heavy atom. The van der Waals surface area contributed by atoms with Gasteiger partial charge in [-0.05, 0) is 19.1 Å². The SMILES string of the molecule is COCCN(C(C)COC)S(=O)(=O)c1ncccc1N. The molecule has 0 saturated carbocycles. The minimum Gasteiger partial charge on any atom is -0.396 e. The van der Waals surface area contributed by atoms with Gasteiger partial charge in [-0.2, -0.15) is 4.31 Å². The summed E-state index contributed by atoms with van der Waals surface area (Å²) in [6, 6.07) is 2.75. The molecule has 114 valence electrons. The molecule has 0 aliphatic heterocycles.